The Morgan fingerprint density at radius 1 is 1.31 bits per heavy atom. The van der Waals surface area contributed by atoms with Crippen molar-refractivity contribution in [3.63, 3.8) is 0 Å². The van der Waals surface area contributed by atoms with E-state index in [-0.39, 0.29) is 24.0 Å². The Labute approximate surface area is 192 Å². The third kappa shape index (κ3) is 4.60. The highest BCUT2D eigenvalue weighted by atomic mass is 127. The normalized spacial score (nSPS) is 28.9. The zero-order chi connectivity index (χ0) is 19.6. The summed E-state index contributed by atoms with van der Waals surface area (Å²) in [5, 5.41) is 8.26. The van der Waals surface area contributed by atoms with E-state index in [1.165, 1.54) is 44.1 Å². The third-order valence-electron chi connectivity index (χ3n) is 7.23. The summed E-state index contributed by atoms with van der Waals surface area (Å²) in [6.45, 7) is 8.02. The van der Waals surface area contributed by atoms with Gasteiger partial charge in [-0.05, 0) is 45.1 Å². The summed E-state index contributed by atoms with van der Waals surface area (Å²) >= 11 is 0. The van der Waals surface area contributed by atoms with E-state index in [1.807, 2.05) is 17.9 Å². The van der Waals surface area contributed by atoms with E-state index in [0.717, 1.165) is 38.6 Å². The number of ether oxygens (including phenoxy) is 1. The monoisotopic (exact) mass is 515 g/mol. The van der Waals surface area contributed by atoms with Crippen molar-refractivity contribution in [2.45, 2.75) is 76.9 Å². The van der Waals surface area contributed by atoms with E-state index in [0.29, 0.717) is 23.5 Å². The molecule has 0 aromatic carbocycles. The summed E-state index contributed by atoms with van der Waals surface area (Å²) in [6, 6.07) is 0.507. The Kier molecular flexibility index (Phi) is 7.87. The van der Waals surface area contributed by atoms with Crippen molar-refractivity contribution in [1.82, 2.24) is 20.0 Å². The minimum Gasteiger partial charge on any atom is -0.378 e. The molecule has 3 unspecified atom stereocenters. The van der Waals surface area contributed by atoms with Gasteiger partial charge in [-0.3, -0.25) is 9.67 Å². The summed E-state index contributed by atoms with van der Waals surface area (Å²) in [6.07, 6.45) is 13.6. The van der Waals surface area contributed by atoms with Crippen LogP contribution in [0.15, 0.2) is 17.4 Å². The molecular formula is C22H38IN5O. The van der Waals surface area contributed by atoms with Crippen LogP contribution >= 0.6 is 24.0 Å². The van der Waals surface area contributed by atoms with Crippen LogP contribution in [0.4, 0.5) is 0 Å². The first-order chi connectivity index (χ1) is 13.7. The van der Waals surface area contributed by atoms with Crippen LogP contribution in [0.25, 0.3) is 0 Å². The molecule has 2 saturated carbocycles. The van der Waals surface area contributed by atoms with Crippen LogP contribution in [0.1, 0.15) is 70.3 Å². The van der Waals surface area contributed by atoms with Crippen LogP contribution < -0.4 is 5.32 Å². The number of nitrogens with one attached hydrogen (secondary N) is 1. The molecular weight excluding hydrogens is 477 g/mol. The van der Waals surface area contributed by atoms with Crippen molar-refractivity contribution in [3.05, 3.63) is 18.0 Å². The van der Waals surface area contributed by atoms with E-state index in [2.05, 4.69) is 35.4 Å². The van der Waals surface area contributed by atoms with E-state index in [4.69, 9.17) is 9.73 Å². The first-order valence-corrected chi connectivity index (χ1v) is 11.3. The molecule has 1 aliphatic heterocycles. The number of hydrogen-bond donors (Lipinski definition) is 1. The maximum absolute atomic E-state index is 6.14. The van der Waals surface area contributed by atoms with Gasteiger partial charge < -0.3 is 15.0 Å². The van der Waals surface area contributed by atoms with Crippen LogP contribution in [-0.4, -0.2) is 59.0 Å². The fourth-order valence-electron chi connectivity index (χ4n) is 5.68. The Balaban J connectivity index is 0.00000240. The number of halogens is 1. The number of guanidine groups is 1. The highest BCUT2D eigenvalue weighted by molar-refractivity contribution is 14.0. The minimum atomic E-state index is 0. The molecule has 6 nitrogen and oxygen atoms in total. The fraction of sp³-hybridized carbons (Fsp3) is 0.818. The molecule has 0 bridgehead atoms. The Hall–Kier alpha value is -0.830. The molecule has 1 spiro atoms. The molecule has 4 rings (SSSR count). The highest BCUT2D eigenvalue weighted by Gasteiger charge is 2.56. The molecule has 2 heterocycles. The molecule has 1 aromatic rings. The van der Waals surface area contributed by atoms with Gasteiger partial charge in [0.25, 0.3) is 0 Å². The largest absolute Gasteiger partial charge is 0.378 e. The molecule has 3 aliphatic rings. The second-order valence-electron chi connectivity index (χ2n) is 8.85. The standard InChI is InChI=1S/C22H37N5O.HI/c1-4-23-21(27-12-9-17(16-27)18-14-24-26(3)15-18)25-19-13-20(28-5-2)22(19)10-7-6-8-11-22;/h14-15,17,19-20H,4-13,16H2,1-3H3,(H,23,25);1H. The van der Waals surface area contributed by atoms with Crippen molar-refractivity contribution in [2.24, 2.45) is 17.5 Å². The van der Waals surface area contributed by atoms with Gasteiger partial charge in [-0.15, -0.1) is 24.0 Å². The second kappa shape index (κ2) is 9.98. The Morgan fingerprint density at radius 3 is 2.76 bits per heavy atom. The number of hydrogen-bond acceptors (Lipinski definition) is 3. The van der Waals surface area contributed by atoms with Crippen LogP contribution in [0.5, 0.6) is 0 Å². The summed E-state index contributed by atoms with van der Waals surface area (Å²) < 4.78 is 8.05. The average Bonchev–Trinajstić information content (AvgIpc) is 3.36. The lowest BCUT2D eigenvalue weighted by Crippen LogP contribution is -2.66. The van der Waals surface area contributed by atoms with Crippen LogP contribution in [0.2, 0.25) is 0 Å². The van der Waals surface area contributed by atoms with Gasteiger partial charge in [0.05, 0.1) is 12.3 Å². The van der Waals surface area contributed by atoms with E-state index < -0.39 is 0 Å². The number of aromatic nitrogens is 2. The zero-order valence-electron chi connectivity index (χ0n) is 18.3. The van der Waals surface area contributed by atoms with Gasteiger partial charge in [0.2, 0.25) is 0 Å². The van der Waals surface area contributed by atoms with E-state index >= 15 is 0 Å². The SMILES string of the molecule is CCN=C(NC1CC(OCC)C12CCCCC2)N1CCC(c2cnn(C)c2)C1.I. The maximum atomic E-state index is 6.14. The highest BCUT2D eigenvalue weighted by Crippen LogP contribution is 2.53. The quantitative estimate of drug-likeness (QED) is 0.367. The number of aliphatic imine (C=N–C) groups is 1. The predicted molar refractivity (Wildman–Crippen MR) is 128 cm³/mol. The molecule has 1 saturated heterocycles. The number of rotatable bonds is 5. The van der Waals surface area contributed by atoms with Crippen molar-refractivity contribution < 1.29 is 4.74 Å². The topological polar surface area (TPSA) is 54.7 Å². The lowest BCUT2D eigenvalue weighted by Gasteiger charge is -2.58. The summed E-state index contributed by atoms with van der Waals surface area (Å²) in [4.78, 5) is 7.34. The first kappa shape index (κ1) is 22.8. The second-order valence-corrected chi connectivity index (χ2v) is 8.85. The number of nitrogens with zero attached hydrogens (tertiary/aromatic N) is 4. The third-order valence-corrected chi connectivity index (χ3v) is 7.23. The molecule has 3 fully saturated rings. The van der Waals surface area contributed by atoms with Crippen LogP contribution in [0.3, 0.4) is 0 Å². The molecule has 2 aliphatic carbocycles. The molecule has 1 aromatic heterocycles. The molecule has 0 radical (unpaired) electrons. The van der Waals surface area contributed by atoms with Crippen molar-refractivity contribution >= 4 is 29.9 Å². The van der Waals surface area contributed by atoms with E-state index in [1.54, 1.807) is 0 Å². The smallest absolute Gasteiger partial charge is 0.194 e. The number of likely N-dealkylation sites (tertiary alicyclic amines) is 1. The van der Waals surface area contributed by atoms with Gasteiger partial charge in [-0.25, -0.2) is 0 Å². The average molecular weight is 515 g/mol. The molecule has 29 heavy (non-hydrogen) atoms. The Morgan fingerprint density at radius 2 is 2.10 bits per heavy atom. The van der Waals surface area contributed by atoms with Crippen molar-refractivity contribution in [2.75, 3.05) is 26.2 Å². The van der Waals surface area contributed by atoms with Crippen LogP contribution in [-0.2, 0) is 11.8 Å². The first-order valence-electron chi connectivity index (χ1n) is 11.3. The summed E-state index contributed by atoms with van der Waals surface area (Å²) in [5.41, 5.74) is 1.68. The molecule has 1 N–H and O–H groups in total. The van der Waals surface area contributed by atoms with E-state index in [9.17, 15) is 0 Å². The van der Waals surface area contributed by atoms with Gasteiger partial charge >= 0.3 is 0 Å². The van der Waals surface area contributed by atoms with Gasteiger partial charge in [0.1, 0.15) is 0 Å². The molecule has 0 amide bonds. The maximum Gasteiger partial charge on any atom is 0.194 e. The van der Waals surface area contributed by atoms with Crippen LogP contribution in [0, 0.1) is 5.41 Å². The molecule has 3 atom stereocenters. The zero-order valence-corrected chi connectivity index (χ0v) is 20.6. The van der Waals surface area contributed by atoms with Gasteiger partial charge in [0.15, 0.2) is 5.96 Å². The molecule has 164 valence electrons. The lowest BCUT2D eigenvalue weighted by molar-refractivity contribution is -0.146. The van der Waals surface area contributed by atoms with Gasteiger partial charge in [-0.2, -0.15) is 5.10 Å². The van der Waals surface area contributed by atoms with Gasteiger partial charge in [-0.1, -0.05) is 19.3 Å². The van der Waals surface area contributed by atoms with Crippen molar-refractivity contribution in [3.8, 4) is 0 Å². The fourth-order valence-corrected chi connectivity index (χ4v) is 5.68. The van der Waals surface area contributed by atoms with Gasteiger partial charge in [0, 0.05) is 56.9 Å². The predicted octanol–water partition coefficient (Wildman–Crippen LogP) is 3.92. The summed E-state index contributed by atoms with van der Waals surface area (Å²) in [5.74, 6) is 1.66. The Bertz CT molecular complexity index is 684. The number of aryl methyl sites for hydroxylation is 1. The summed E-state index contributed by atoms with van der Waals surface area (Å²) in [7, 11) is 2.00. The lowest BCUT2D eigenvalue weighted by atomic mass is 9.55. The minimum absolute atomic E-state index is 0. The van der Waals surface area contributed by atoms with Crippen molar-refractivity contribution in [1.29, 1.82) is 0 Å². The molecule has 7 heteroatoms.